The fourth-order valence-corrected chi connectivity index (χ4v) is 4.57. The van der Waals surface area contributed by atoms with Crippen molar-refractivity contribution in [3.63, 3.8) is 0 Å². The SMILES string of the molecule is O=C1CCc2c(OCC3CN(C(=O)C4CC4c4ccccc4)CCO3)cccc21. The van der Waals surface area contributed by atoms with Gasteiger partial charge in [0.15, 0.2) is 5.78 Å². The lowest BCUT2D eigenvalue weighted by Crippen LogP contribution is -2.48. The second-order valence-electron chi connectivity index (χ2n) is 8.15. The van der Waals surface area contributed by atoms with E-state index < -0.39 is 0 Å². The maximum absolute atomic E-state index is 12.9. The lowest BCUT2D eigenvalue weighted by atomic mass is 10.1. The van der Waals surface area contributed by atoms with Gasteiger partial charge in [-0.25, -0.2) is 0 Å². The van der Waals surface area contributed by atoms with Crippen LogP contribution in [0, 0.1) is 5.92 Å². The molecule has 0 spiro atoms. The third-order valence-corrected chi connectivity index (χ3v) is 6.25. The summed E-state index contributed by atoms with van der Waals surface area (Å²) < 4.78 is 11.9. The van der Waals surface area contributed by atoms with Gasteiger partial charge in [-0.2, -0.15) is 0 Å². The summed E-state index contributed by atoms with van der Waals surface area (Å²) in [7, 11) is 0. The Morgan fingerprint density at radius 3 is 2.83 bits per heavy atom. The van der Waals surface area contributed by atoms with Gasteiger partial charge in [0.1, 0.15) is 18.5 Å². The highest BCUT2D eigenvalue weighted by molar-refractivity contribution is 6.01. The molecule has 3 unspecified atom stereocenters. The van der Waals surface area contributed by atoms with Gasteiger partial charge in [0.2, 0.25) is 5.91 Å². The van der Waals surface area contributed by atoms with Crippen molar-refractivity contribution < 1.29 is 19.1 Å². The van der Waals surface area contributed by atoms with Crippen LogP contribution in [-0.4, -0.2) is 49.0 Å². The van der Waals surface area contributed by atoms with Gasteiger partial charge in [-0.05, 0) is 30.4 Å². The van der Waals surface area contributed by atoms with Crippen LogP contribution >= 0.6 is 0 Å². The van der Waals surface area contributed by atoms with Crippen LogP contribution in [-0.2, 0) is 16.0 Å². The fourth-order valence-electron chi connectivity index (χ4n) is 4.57. The Morgan fingerprint density at radius 1 is 1.10 bits per heavy atom. The van der Waals surface area contributed by atoms with Crippen LogP contribution in [0.25, 0.3) is 0 Å². The molecular weight excluding hydrogens is 366 g/mol. The molecule has 5 rings (SSSR count). The van der Waals surface area contributed by atoms with E-state index in [1.54, 1.807) is 0 Å². The summed E-state index contributed by atoms with van der Waals surface area (Å²) in [6.07, 6.45) is 2.09. The lowest BCUT2D eigenvalue weighted by molar-refractivity contribution is -0.141. The van der Waals surface area contributed by atoms with Crippen molar-refractivity contribution in [2.24, 2.45) is 5.92 Å². The van der Waals surface area contributed by atoms with Crippen LogP contribution in [0.4, 0.5) is 0 Å². The van der Waals surface area contributed by atoms with E-state index >= 15 is 0 Å². The van der Waals surface area contributed by atoms with Crippen LogP contribution in [0.1, 0.15) is 40.2 Å². The van der Waals surface area contributed by atoms with Gasteiger partial charge in [0.05, 0.1) is 13.2 Å². The first kappa shape index (κ1) is 18.4. The second-order valence-corrected chi connectivity index (χ2v) is 8.15. The van der Waals surface area contributed by atoms with Crippen molar-refractivity contribution in [2.45, 2.75) is 31.3 Å². The van der Waals surface area contributed by atoms with Crippen LogP contribution in [0.2, 0.25) is 0 Å². The van der Waals surface area contributed by atoms with E-state index in [9.17, 15) is 9.59 Å². The van der Waals surface area contributed by atoms with E-state index in [0.717, 1.165) is 29.7 Å². The summed E-state index contributed by atoms with van der Waals surface area (Å²) in [4.78, 5) is 26.8. The molecule has 1 saturated carbocycles. The fraction of sp³-hybridized carbons (Fsp3) is 0.417. The topological polar surface area (TPSA) is 55.8 Å². The molecule has 2 aromatic carbocycles. The van der Waals surface area contributed by atoms with E-state index in [4.69, 9.17) is 9.47 Å². The predicted octanol–water partition coefficient (Wildman–Crippen LogP) is 3.23. The third-order valence-electron chi connectivity index (χ3n) is 6.25. The summed E-state index contributed by atoms with van der Waals surface area (Å²) in [5.74, 6) is 1.64. The van der Waals surface area contributed by atoms with Crippen LogP contribution in [0.5, 0.6) is 5.75 Å². The number of ketones is 1. The number of ether oxygens (including phenoxy) is 2. The van der Waals surface area contributed by atoms with Gasteiger partial charge in [0, 0.05) is 30.0 Å². The molecule has 0 bridgehead atoms. The minimum atomic E-state index is -0.144. The van der Waals surface area contributed by atoms with E-state index in [2.05, 4.69) is 12.1 Å². The average molecular weight is 391 g/mol. The second kappa shape index (κ2) is 7.64. The standard InChI is InChI=1S/C24H25NO4/c26-22-10-9-19-18(22)7-4-8-23(19)29-15-17-14-25(11-12-28-17)24(27)21-13-20(21)16-5-2-1-3-6-16/h1-8,17,20-21H,9-15H2. The molecule has 1 aliphatic heterocycles. The molecular formula is C24H25NO4. The number of benzene rings is 2. The Kier molecular flexibility index (Phi) is 4.84. The summed E-state index contributed by atoms with van der Waals surface area (Å²) in [6.45, 7) is 2.13. The summed E-state index contributed by atoms with van der Waals surface area (Å²) in [6, 6.07) is 15.9. The van der Waals surface area contributed by atoms with Gasteiger partial charge >= 0.3 is 0 Å². The van der Waals surface area contributed by atoms with Crippen molar-refractivity contribution >= 4 is 11.7 Å². The maximum atomic E-state index is 12.9. The lowest BCUT2D eigenvalue weighted by Gasteiger charge is -2.33. The zero-order valence-corrected chi connectivity index (χ0v) is 16.4. The number of fused-ring (bicyclic) bond motifs is 1. The highest BCUT2D eigenvalue weighted by Gasteiger charge is 2.46. The quantitative estimate of drug-likeness (QED) is 0.785. The summed E-state index contributed by atoms with van der Waals surface area (Å²) in [5, 5.41) is 0. The molecule has 2 aliphatic carbocycles. The number of rotatable bonds is 5. The van der Waals surface area contributed by atoms with Gasteiger partial charge in [-0.1, -0.05) is 42.5 Å². The average Bonchev–Trinajstić information content (AvgIpc) is 3.49. The maximum Gasteiger partial charge on any atom is 0.226 e. The first-order valence-electron chi connectivity index (χ1n) is 10.4. The van der Waals surface area contributed by atoms with Gasteiger partial charge < -0.3 is 14.4 Å². The zero-order valence-electron chi connectivity index (χ0n) is 16.4. The monoisotopic (exact) mass is 391 g/mol. The summed E-state index contributed by atoms with van der Waals surface area (Å²) in [5.41, 5.74) is 3.04. The van der Waals surface area contributed by atoms with E-state index in [-0.39, 0.29) is 23.7 Å². The molecule has 1 amide bonds. The summed E-state index contributed by atoms with van der Waals surface area (Å²) >= 11 is 0. The smallest absolute Gasteiger partial charge is 0.226 e. The number of carbonyl (C=O) groups is 2. The van der Waals surface area contributed by atoms with Gasteiger partial charge in [-0.3, -0.25) is 9.59 Å². The number of morpholine rings is 1. The normalized spacial score (nSPS) is 25.6. The van der Waals surface area contributed by atoms with Crippen molar-refractivity contribution in [3.05, 3.63) is 65.2 Å². The minimum absolute atomic E-state index is 0.0977. The molecule has 5 heteroatoms. The van der Waals surface area contributed by atoms with Gasteiger partial charge in [0.25, 0.3) is 0 Å². The zero-order chi connectivity index (χ0) is 19.8. The van der Waals surface area contributed by atoms with E-state index in [1.165, 1.54) is 5.56 Å². The molecule has 0 radical (unpaired) electrons. The van der Waals surface area contributed by atoms with Crippen LogP contribution in [0.3, 0.4) is 0 Å². The Morgan fingerprint density at radius 2 is 1.97 bits per heavy atom. The molecule has 1 saturated heterocycles. The molecule has 3 atom stereocenters. The van der Waals surface area contributed by atoms with E-state index in [0.29, 0.717) is 38.6 Å². The third kappa shape index (κ3) is 3.67. The minimum Gasteiger partial charge on any atom is -0.491 e. The molecule has 29 heavy (non-hydrogen) atoms. The highest BCUT2D eigenvalue weighted by Crippen LogP contribution is 2.48. The Labute approximate surface area is 170 Å². The number of carbonyl (C=O) groups excluding carboxylic acids is 2. The van der Waals surface area contributed by atoms with E-state index in [1.807, 2.05) is 41.3 Å². The Balaban J connectivity index is 1.18. The molecule has 2 fully saturated rings. The molecule has 5 nitrogen and oxygen atoms in total. The number of hydrogen-bond acceptors (Lipinski definition) is 4. The largest absolute Gasteiger partial charge is 0.491 e. The van der Waals surface area contributed by atoms with Crippen molar-refractivity contribution in [1.29, 1.82) is 0 Å². The van der Waals surface area contributed by atoms with Gasteiger partial charge in [-0.15, -0.1) is 0 Å². The number of hydrogen-bond donors (Lipinski definition) is 0. The molecule has 150 valence electrons. The van der Waals surface area contributed by atoms with Crippen molar-refractivity contribution in [3.8, 4) is 5.75 Å². The Hall–Kier alpha value is -2.66. The first-order valence-corrected chi connectivity index (χ1v) is 10.4. The molecule has 1 heterocycles. The number of amides is 1. The number of nitrogens with zero attached hydrogens (tertiary/aromatic N) is 1. The molecule has 3 aliphatic rings. The molecule has 0 aromatic heterocycles. The van der Waals surface area contributed by atoms with Crippen molar-refractivity contribution in [2.75, 3.05) is 26.3 Å². The van der Waals surface area contributed by atoms with Crippen LogP contribution in [0.15, 0.2) is 48.5 Å². The molecule has 2 aromatic rings. The van der Waals surface area contributed by atoms with Crippen LogP contribution < -0.4 is 4.74 Å². The molecule has 0 N–H and O–H groups in total. The number of Topliss-reactive ketones (excluding diaryl/α,β-unsaturated/α-hetero) is 1. The highest BCUT2D eigenvalue weighted by atomic mass is 16.5. The first-order chi connectivity index (χ1) is 14.2. The predicted molar refractivity (Wildman–Crippen MR) is 108 cm³/mol. The van der Waals surface area contributed by atoms with Crippen molar-refractivity contribution in [1.82, 2.24) is 4.90 Å². The Bertz CT molecular complexity index is 926.